The molecule has 23 heavy (non-hydrogen) atoms. The SMILES string of the molecule is COC(=O)N1CCC[C@@H]1C(=O)N1CC[C@H](Nc2ccccc2)C1. The Morgan fingerprint density at radius 1 is 1.17 bits per heavy atom. The maximum atomic E-state index is 12.7. The average Bonchev–Trinajstić information content (AvgIpc) is 3.24. The van der Waals surface area contributed by atoms with Gasteiger partial charge in [0.15, 0.2) is 0 Å². The lowest BCUT2D eigenvalue weighted by Crippen LogP contribution is -2.47. The third-order valence-electron chi connectivity index (χ3n) is 4.59. The molecule has 1 N–H and O–H groups in total. The molecule has 2 amide bonds. The fraction of sp³-hybridized carbons (Fsp3) is 0.529. The van der Waals surface area contributed by atoms with Crippen LogP contribution in [0, 0.1) is 0 Å². The number of methoxy groups -OCH3 is 1. The van der Waals surface area contributed by atoms with E-state index in [1.807, 2.05) is 35.2 Å². The van der Waals surface area contributed by atoms with Gasteiger partial charge in [-0.3, -0.25) is 9.69 Å². The van der Waals surface area contributed by atoms with Gasteiger partial charge in [0.25, 0.3) is 0 Å². The lowest BCUT2D eigenvalue weighted by atomic mass is 10.2. The van der Waals surface area contributed by atoms with Crippen LogP contribution in [0.3, 0.4) is 0 Å². The van der Waals surface area contributed by atoms with Crippen molar-refractivity contribution in [3.05, 3.63) is 30.3 Å². The highest BCUT2D eigenvalue weighted by molar-refractivity contribution is 5.86. The van der Waals surface area contributed by atoms with E-state index in [-0.39, 0.29) is 18.0 Å². The van der Waals surface area contributed by atoms with Gasteiger partial charge in [-0.25, -0.2) is 4.79 Å². The van der Waals surface area contributed by atoms with Crippen molar-refractivity contribution in [3.63, 3.8) is 0 Å². The number of nitrogens with zero attached hydrogens (tertiary/aromatic N) is 2. The van der Waals surface area contributed by atoms with Crippen LogP contribution in [0.4, 0.5) is 10.5 Å². The molecule has 0 unspecified atom stereocenters. The monoisotopic (exact) mass is 317 g/mol. The molecule has 2 atom stereocenters. The van der Waals surface area contributed by atoms with Crippen molar-refractivity contribution in [3.8, 4) is 0 Å². The van der Waals surface area contributed by atoms with Gasteiger partial charge >= 0.3 is 6.09 Å². The summed E-state index contributed by atoms with van der Waals surface area (Å²) < 4.78 is 4.78. The van der Waals surface area contributed by atoms with Gasteiger partial charge in [-0.05, 0) is 31.4 Å². The first-order chi connectivity index (χ1) is 11.2. The average molecular weight is 317 g/mol. The Hall–Kier alpha value is -2.24. The fourth-order valence-electron chi connectivity index (χ4n) is 3.42. The van der Waals surface area contributed by atoms with Crippen LogP contribution >= 0.6 is 0 Å². The number of para-hydroxylation sites is 1. The normalized spacial score (nSPS) is 23.9. The molecule has 6 heteroatoms. The smallest absolute Gasteiger partial charge is 0.410 e. The minimum absolute atomic E-state index is 0.0465. The van der Waals surface area contributed by atoms with E-state index in [2.05, 4.69) is 5.32 Å². The Balaban J connectivity index is 1.58. The van der Waals surface area contributed by atoms with Gasteiger partial charge in [0, 0.05) is 31.4 Å². The van der Waals surface area contributed by atoms with Crippen LogP contribution in [0.5, 0.6) is 0 Å². The number of carbonyl (C=O) groups is 2. The molecular formula is C17H23N3O3. The number of hydrogen-bond donors (Lipinski definition) is 1. The standard InChI is InChI=1S/C17H23N3O3/c1-23-17(22)20-10-5-8-15(20)16(21)19-11-9-14(12-19)18-13-6-3-2-4-7-13/h2-4,6-7,14-15,18H,5,8-12H2,1H3/t14-,15+/m0/s1. The molecule has 0 aliphatic carbocycles. The van der Waals surface area contributed by atoms with E-state index in [9.17, 15) is 9.59 Å². The molecule has 0 aromatic heterocycles. The zero-order valence-corrected chi connectivity index (χ0v) is 13.4. The Morgan fingerprint density at radius 3 is 2.70 bits per heavy atom. The number of hydrogen-bond acceptors (Lipinski definition) is 4. The highest BCUT2D eigenvalue weighted by atomic mass is 16.5. The number of benzene rings is 1. The molecular weight excluding hydrogens is 294 g/mol. The van der Waals surface area contributed by atoms with E-state index in [1.165, 1.54) is 7.11 Å². The first-order valence-electron chi connectivity index (χ1n) is 8.14. The summed E-state index contributed by atoms with van der Waals surface area (Å²) in [5.74, 6) is 0.0465. The molecule has 1 aromatic carbocycles. The van der Waals surface area contributed by atoms with Gasteiger partial charge in [0.2, 0.25) is 5.91 Å². The lowest BCUT2D eigenvalue weighted by molar-refractivity contribution is -0.134. The maximum Gasteiger partial charge on any atom is 0.410 e. The lowest BCUT2D eigenvalue weighted by Gasteiger charge is -2.27. The fourth-order valence-corrected chi connectivity index (χ4v) is 3.42. The van der Waals surface area contributed by atoms with Crippen LogP contribution in [-0.2, 0) is 9.53 Å². The molecule has 0 radical (unpaired) electrons. The van der Waals surface area contributed by atoms with E-state index in [0.29, 0.717) is 13.1 Å². The van der Waals surface area contributed by atoms with Crippen LogP contribution in [0.25, 0.3) is 0 Å². The van der Waals surface area contributed by atoms with E-state index in [1.54, 1.807) is 4.90 Å². The summed E-state index contributed by atoms with van der Waals surface area (Å²) in [6.07, 6.45) is 2.09. The van der Waals surface area contributed by atoms with Crippen molar-refractivity contribution in [1.29, 1.82) is 0 Å². The second kappa shape index (κ2) is 6.89. The van der Waals surface area contributed by atoms with E-state index < -0.39 is 6.09 Å². The highest BCUT2D eigenvalue weighted by Crippen LogP contribution is 2.23. The predicted molar refractivity (Wildman–Crippen MR) is 87.2 cm³/mol. The van der Waals surface area contributed by atoms with Crippen molar-refractivity contribution >= 4 is 17.7 Å². The van der Waals surface area contributed by atoms with E-state index in [0.717, 1.165) is 31.5 Å². The molecule has 2 heterocycles. The number of likely N-dealkylation sites (tertiary alicyclic amines) is 2. The molecule has 0 bridgehead atoms. The second-order valence-electron chi connectivity index (χ2n) is 6.10. The first-order valence-corrected chi connectivity index (χ1v) is 8.14. The molecule has 2 aliphatic rings. The number of anilines is 1. The van der Waals surface area contributed by atoms with Crippen molar-refractivity contribution in [2.45, 2.75) is 31.3 Å². The summed E-state index contributed by atoms with van der Waals surface area (Å²) in [6.45, 7) is 2.01. The zero-order chi connectivity index (χ0) is 16.2. The minimum Gasteiger partial charge on any atom is -0.453 e. The quantitative estimate of drug-likeness (QED) is 0.925. The minimum atomic E-state index is -0.404. The number of nitrogens with one attached hydrogen (secondary N) is 1. The Labute approximate surface area is 136 Å². The van der Waals surface area contributed by atoms with Gasteiger partial charge < -0.3 is 15.0 Å². The van der Waals surface area contributed by atoms with Crippen LogP contribution in [0.1, 0.15) is 19.3 Å². The number of carbonyl (C=O) groups excluding carboxylic acids is 2. The molecule has 2 fully saturated rings. The summed E-state index contributed by atoms with van der Waals surface area (Å²) in [7, 11) is 1.36. The highest BCUT2D eigenvalue weighted by Gasteiger charge is 2.39. The molecule has 1 aromatic rings. The summed E-state index contributed by atoms with van der Waals surface area (Å²) in [6, 6.07) is 9.92. The number of ether oxygens (including phenoxy) is 1. The zero-order valence-electron chi connectivity index (χ0n) is 13.4. The predicted octanol–water partition coefficient (Wildman–Crippen LogP) is 1.93. The van der Waals surface area contributed by atoms with Crippen molar-refractivity contribution < 1.29 is 14.3 Å². The van der Waals surface area contributed by atoms with Crippen LogP contribution in [0.15, 0.2) is 30.3 Å². The van der Waals surface area contributed by atoms with Gasteiger partial charge in [0.05, 0.1) is 7.11 Å². The van der Waals surface area contributed by atoms with E-state index in [4.69, 9.17) is 4.74 Å². The van der Waals surface area contributed by atoms with Crippen LogP contribution in [-0.4, -0.2) is 60.6 Å². The van der Waals surface area contributed by atoms with Gasteiger partial charge in [-0.15, -0.1) is 0 Å². The van der Waals surface area contributed by atoms with Gasteiger partial charge in [-0.2, -0.15) is 0 Å². The van der Waals surface area contributed by atoms with Gasteiger partial charge in [0.1, 0.15) is 6.04 Å². The van der Waals surface area contributed by atoms with Crippen LogP contribution < -0.4 is 5.32 Å². The summed E-state index contributed by atoms with van der Waals surface area (Å²) in [5.41, 5.74) is 1.07. The third-order valence-corrected chi connectivity index (χ3v) is 4.59. The Kier molecular flexibility index (Phi) is 4.69. The molecule has 0 spiro atoms. The molecule has 3 rings (SSSR count). The topological polar surface area (TPSA) is 61.9 Å². The Morgan fingerprint density at radius 2 is 1.96 bits per heavy atom. The molecule has 2 saturated heterocycles. The number of amides is 2. The first kappa shape index (κ1) is 15.6. The molecule has 124 valence electrons. The summed E-state index contributed by atoms with van der Waals surface area (Å²) in [4.78, 5) is 27.9. The number of rotatable bonds is 3. The third kappa shape index (κ3) is 3.41. The Bertz CT molecular complexity index is 563. The summed E-state index contributed by atoms with van der Waals surface area (Å²) >= 11 is 0. The molecule has 6 nitrogen and oxygen atoms in total. The second-order valence-corrected chi connectivity index (χ2v) is 6.10. The van der Waals surface area contributed by atoms with Crippen molar-refractivity contribution in [1.82, 2.24) is 9.80 Å². The van der Waals surface area contributed by atoms with Gasteiger partial charge in [-0.1, -0.05) is 18.2 Å². The molecule has 2 aliphatic heterocycles. The largest absolute Gasteiger partial charge is 0.453 e. The molecule has 0 saturated carbocycles. The van der Waals surface area contributed by atoms with Crippen LogP contribution in [0.2, 0.25) is 0 Å². The summed E-state index contributed by atoms with van der Waals surface area (Å²) in [5, 5.41) is 3.46. The maximum absolute atomic E-state index is 12.7. The van der Waals surface area contributed by atoms with Crippen molar-refractivity contribution in [2.24, 2.45) is 0 Å². The van der Waals surface area contributed by atoms with Crippen molar-refractivity contribution in [2.75, 3.05) is 32.1 Å². The van der Waals surface area contributed by atoms with E-state index >= 15 is 0 Å².